The average molecular weight is 456 g/mol. The van der Waals surface area contributed by atoms with E-state index in [1.54, 1.807) is 0 Å². The minimum Gasteiger partial charge on any atom is -0.494 e. The fraction of sp³-hybridized carbons (Fsp3) is 0.526. The molecule has 0 N–H and O–H groups in total. The summed E-state index contributed by atoms with van der Waals surface area (Å²) in [6, 6.07) is 7.81. The van der Waals surface area contributed by atoms with E-state index in [4.69, 9.17) is 14.0 Å². The van der Waals surface area contributed by atoms with Gasteiger partial charge in [0.15, 0.2) is 0 Å². The summed E-state index contributed by atoms with van der Waals surface area (Å²) >= 11 is 2.25. The van der Waals surface area contributed by atoms with Crippen molar-refractivity contribution in [3.05, 3.63) is 39.9 Å². The molecule has 1 heterocycles. The molecular weight excluding hydrogens is 430 g/mol. The van der Waals surface area contributed by atoms with E-state index in [0.717, 1.165) is 15.6 Å². The quantitative estimate of drug-likeness (QED) is 0.346. The van der Waals surface area contributed by atoms with Crippen LogP contribution in [-0.2, 0) is 14.1 Å². The number of aldehydes is 1. The van der Waals surface area contributed by atoms with Crippen LogP contribution in [0.4, 0.5) is 0 Å². The highest BCUT2D eigenvalue weighted by molar-refractivity contribution is 14.1. The smallest absolute Gasteiger partial charge is 0.490 e. The van der Waals surface area contributed by atoms with Gasteiger partial charge >= 0.3 is 7.12 Å². The monoisotopic (exact) mass is 456 g/mol. The molecule has 1 saturated heterocycles. The molecule has 0 saturated carbocycles. The summed E-state index contributed by atoms with van der Waals surface area (Å²) in [5, 5.41) is 0. The van der Waals surface area contributed by atoms with Crippen molar-refractivity contribution in [3.8, 4) is 5.75 Å². The Hall–Kier alpha value is -0.855. The third-order valence-corrected chi connectivity index (χ3v) is 5.95. The van der Waals surface area contributed by atoms with E-state index in [1.165, 1.54) is 0 Å². The normalized spacial score (nSPS) is 20.8. The summed E-state index contributed by atoms with van der Waals surface area (Å²) < 4.78 is 19.0. The van der Waals surface area contributed by atoms with Gasteiger partial charge in [-0.15, -0.1) is 6.58 Å². The molecule has 0 aliphatic carbocycles. The van der Waals surface area contributed by atoms with Gasteiger partial charge in [-0.3, -0.25) is 0 Å². The predicted molar refractivity (Wildman–Crippen MR) is 109 cm³/mol. The molecule has 1 fully saturated rings. The lowest BCUT2D eigenvalue weighted by atomic mass is 9.63. The Balaban J connectivity index is 2.00. The van der Waals surface area contributed by atoms with Gasteiger partial charge in [0, 0.05) is 8.99 Å². The van der Waals surface area contributed by atoms with Crippen molar-refractivity contribution >= 4 is 36.0 Å². The maximum atomic E-state index is 11.8. The Morgan fingerprint density at radius 3 is 2.24 bits per heavy atom. The van der Waals surface area contributed by atoms with Crippen molar-refractivity contribution in [2.45, 2.75) is 52.2 Å². The van der Waals surface area contributed by atoms with E-state index in [1.807, 2.05) is 58.9 Å². The van der Waals surface area contributed by atoms with Crippen LogP contribution in [-0.4, -0.2) is 31.2 Å². The van der Waals surface area contributed by atoms with E-state index in [0.29, 0.717) is 18.5 Å². The first kappa shape index (κ1) is 20.5. The molecule has 0 radical (unpaired) electrons. The van der Waals surface area contributed by atoms with Crippen molar-refractivity contribution in [1.29, 1.82) is 0 Å². The minimum atomic E-state index is -0.773. The van der Waals surface area contributed by atoms with Crippen LogP contribution >= 0.6 is 22.6 Å². The first-order chi connectivity index (χ1) is 11.5. The van der Waals surface area contributed by atoms with Crippen LogP contribution in [0, 0.1) is 8.99 Å². The molecule has 25 heavy (non-hydrogen) atoms. The SMILES string of the molecule is C=C(B1OC(C)(C)C(C)(C)O1)C(C)(C=O)CCOc1ccc(I)cc1. The summed E-state index contributed by atoms with van der Waals surface area (Å²) in [6.07, 6.45) is 1.42. The maximum absolute atomic E-state index is 11.8. The summed E-state index contributed by atoms with van der Waals surface area (Å²) in [5.41, 5.74) is -1.05. The van der Waals surface area contributed by atoms with Crippen LogP contribution in [0.1, 0.15) is 41.0 Å². The molecule has 1 atom stereocenters. The topological polar surface area (TPSA) is 44.8 Å². The molecule has 0 spiro atoms. The molecule has 1 aromatic rings. The van der Waals surface area contributed by atoms with Crippen LogP contribution in [0.2, 0.25) is 0 Å². The van der Waals surface area contributed by atoms with Gasteiger partial charge in [-0.05, 0) is 93.4 Å². The predicted octanol–water partition coefficient (Wildman–Crippen LogP) is 4.45. The number of carbonyl (C=O) groups is 1. The first-order valence-corrected chi connectivity index (χ1v) is 9.48. The number of ether oxygens (including phenoxy) is 1. The van der Waals surface area contributed by atoms with E-state index in [-0.39, 0.29) is 0 Å². The Morgan fingerprint density at radius 2 is 1.76 bits per heavy atom. The van der Waals surface area contributed by atoms with Crippen LogP contribution in [0.3, 0.4) is 0 Å². The zero-order valence-corrected chi connectivity index (χ0v) is 17.8. The number of allylic oxidation sites excluding steroid dienone is 1. The van der Waals surface area contributed by atoms with Crippen molar-refractivity contribution in [2.24, 2.45) is 5.41 Å². The lowest BCUT2D eigenvalue weighted by Crippen LogP contribution is -2.41. The summed E-state index contributed by atoms with van der Waals surface area (Å²) in [6.45, 7) is 14.3. The fourth-order valence-electron chi connectivity index (χ4n) is 2.46. The van der Waals surface area contributed by atoms with Crippen LogP contribution in [0.5, 0.6) is 5.75 Å². The molecule has 0 bridgehead atoms. The highest BCUT2D eigenvalue weighted by Gasteiger charge is 2.54. The van der Waals surface area contributed by atoms with Gasteiger partial charge in [0.2, 0.25) is 0 Å². The van der Waals surface area contributed by atoms with Crippen molar-refractivity contribution in [1.82, 2.24) is 0 Å². The van der Waals surface area contributed by atoms with Gasteiger partial charge in [0.05, 0.1) is 17.8 Å². The highest BCUT2D eigenvalue weighted by atomic mass is 127. The zero-order valence-electron chi connectivity index (χ0n) is 15.6. The molecule has 136 valence electrons. The van der Waals surface area contributed by atoms with Crippen LogP contribution in [0.15, 0.2) is 36.3 Å². The number of hydrogen-bond acceptors (Lipinski definition) is 4. The molecule has 6 heteroatoms. The van der Waals surface area contributed by atoms with Crippen LogP contribution < -0.4 is 4.74 Å². The lowest BCUT2D eigenvalue weighted by Gasteiger charge is -2.32. The van der Waals surface area contributed by atoms with E-state index < -0.39 is 23.7 Å². The number of halogens is 1. The van der Waals surface area contributed by atoms with Gasteiger partial charge in [-0.1, -0.05) is 0 Å². The van der Waals surface area contributed by atoms with Crippen LogP contribution in [0.25, 0.3) is 0 Å². The number of carbonyl (C=O) groups excluding carboxylic acids is 1. The minimum absolute atomic E-state index is 0.411. The van der Waals surface area contributed by atoms with Gasteiger partial charge < -0.3 is 18.8 Å². The standard InChI is InChI=1S/C19H26BIO4/c1-14(20-24-17(2,3)18(4,5)25-20)19(6,13-22)11-12-23-16-9-7-15(21)8-10-16/h7-10,13H,1,11-12H2,2-6H3. The molecule has 4 nitrogen and oxygen atoms in total. The van der Waals surface area contributed by atoms with E-state index >= 15 is 0 Å². The largest absolute Gasteiger partial charge is 0.494 e. The highest BCUT2D eigenvalue weighted by Crippen LogP contribution is 2.42. The molecule has 1 aliphatic rings. The van der Waals surface area contributed by atoms with Crippen molar-refractivity contribution in [3.63, 3.8) is 0 Å². The Morgan fingerprint density at radius 1 is 1.24 bits per heavy atom. The van der Waals surface area contributed by atoms with Gasteiger partial charge in [-0.25, -0.2) is 0 Å². The van der Waals surface area contributed by atoms with E-state index in [2.05, 4.69) is 29.2 Å². The second kappa shape index (κ2) is 7.41. The Labute approximate surface area is 164 Å². The number of rotatable bonds is 7. The van der Waals surface area contributed by atoms with Gasteiger partial charge in [0.25, 0.3) is 0 Å². The molecular formula is C19H26BIO4. The second-order valence-corrected chi connectivity index (χ2v) is 8.95. The number of hydrogen-bond donors (Lipinski definition) is 0. The molecule has 1 unspecified atom stereocenters. The zero-order chi connectivity index (χ0) is 18.9. The second-order valence-electron chi connectivity index (χ2n) is 7.70. The third-order valence-electron chi connectivity index (χ3n) is 5.24. The fourth-order valence-corrected chi connectivity index (χ4v) is 2.82. The van der Waals surface area contributed by atoms with E-state index in [9.17, 15) is 4.79 Å². The molecule has 1 aliphatic heterocycles. The third kappa shape index (κ3) is 4.46. The van der Waals surface area contributed by atoms with Crippen molar-refractivity contribution in [2.75, 3.05) is 6.61 Å². The molecule has 1 aromatic carbocycles. The summed E-state index contributed by atoms with van der Waals surface area (Å²) in [7, 11) is -0.599. The summed E-state index contributed by atoms with van der Waals surface area (Å²) in [5.74, 6) is 0.787. The summed E-state index contributed by atoms with van der Waals surface area (Å²) in [4.78, 5) is 11.8. The van der Waals surface area contributed by atoms with Gasteiger partial charge in [-0.2, -0.15) is 0 Å². The Bertz CT molecular complexity index is 625. The number of benzene rings is 1. The Kier molecular flexibility index (Phi) is 6.06. The molecule has 2 rings (SSSR count). The van der Waals surface area contributed by atoms with Gasteiger partial charge in [0.1, 0.15) is 12.0 Å². The maximum Gasteiger partial charge on any atom is 0.490 e. The molecule has 0 aromatic heterocycles. The molecule has 0 amide bonds. The first-order valence-electron chi connectivity index (χ1n) is 8.40. The lowest BCUT2D eigenvalue weighted by molar-refractivity contribution is -0.114. The average Bonchev–Trinajstić information content (AvgIpc) is 2.76. The van der Waals surface area contributed by atoms with Crippen molar-refractivity contribution < 1.29 is 18.8 Å².